The molecule has 4 nitrogen and oxygen atoms in total. The molecule has 0 N–H and O–H groups in total. The zero-order valence-electron chi connectivity index (χ0n) is 13.2. The average Bonchev–Trinajstić information content (AvgIpc) is 2.45. The lowest BCUT2D eigenvalue weighted by atomic mass is 9.82. The third-order valence-corrected chi connectivity index (χ3v) is 3.30. The molecule has 0 aliphatic heterocycles. The Hall–Kier alpha value is -1.84. The van der Waals surface area contributed by atoms with Gasteiger partial charge in [0.05, 0.1) is 6.61 Å². The van der Waals surface area contributed by atoms with Crippen LogP contribution in [-0.4, -0.2) is 18.5 Å². The van der Waals surface area contributed by atoms with E-state index in [0.717, 1.165) is 18.4 Å². The van der Waals surface area contributed by atoms with Crippen LogP contribution >= 0.6 is 0 Å². The molecule has 21 heavy (non-hydrogen) atoms. The van der Waals surface area contributed by atoms with Gasteiger partial charge in [-0.3, -0.25) is 9.59 Å². The van der Waals surface area contributed by atoms with Gasteiger partial charge in [0.2, 0.25) is 0 Å². The van der Waals surface area contributed by atoms with E-state index >= 15 is 0 Å². The third-order valence-electron chi connectivity index (χ3n) is 3.30. The van der Waals surface area contributed by atoms with Crippen LogP contribution in [0.2, 0.25) is 0 Å². The number of carbonyl (C=O) groups excluding carboxylic acids is 2. The summed E-state index contributed by atoms with van der Waals surface area (Å²) in [6.07, 6.45) is 1.12. The first-order chi connectivity index (χ1) is 9.89. The number of carbonyl (C=O) groups is 2. The maximum absolute atomic E-state index is 12.3. The van der Waals surface area contributed by atoms with E-state index in [1.807, 2.05) is 37.3 Å². The molecule has 0 aliphatic carbocycles. The van der Waals surface area contributed by atoms with Crippen molar-refractivity contribution in [3.63, 3.8) is 0 Å². The predicted molar refractivity (Wildman–Crippen MR) is 80.6 cm³/mol. The van der Waals surface area contributed by atoms with Gasteiger partial charge in [0.1, 0.15) is 11.5 Å². The van der Waals surface area contributed by atoms with Crippen molar-refractivity contribution < 1.29 is 19.1 Å². The molecule has 1 aromatic carbocycles. The highest BCUT2D eigenvalue weighted by Gasteiger charge is 2.41. The largest absolute Gasteiger partial charge is 0.465 e. The van der Waals surface area contributed by atoms with E-state index < -0.39 is 17.5 Å². The molecule has 1 aromatic rings. The van der Waals surface area contributed by atoms with E-state index in [2.05, 4.69) is 0 Å². The Morgan fingerprint density at radius 2 is 1.81 bits per heavy atom. The fraction of sp³-hybridized carbons (Fsp3) is 0.529. The molecule has 0 heterocycles. The number of unbranched alkanes of at least 4 members (excludes halogenated alkanes) is 1. The minimum absolute atomic E-state index is 0.356. The molecule has 0 saturated carbocycles. The smallest absolute Gasteiger partial charge is 0.315 e. The average molecular weight is 292 g/mol. The summed E-state index contributed by atoms with van der Waals surface area (Å²) in [5.41, 5.74) is -0.161. The minimum atomic E-state index is -0.944. The second-order valence-electron chi connectivity index (χ2n) is 5.61. The van der Waals surface area contributed by atoms with Crippen molar-refractivity contribution in [3.8, 4) is 0 Å². The molecule has 0 aromatic heterocycles. The zero-order valence-corrected chi connectivity index (χ0v) is 13.2. The highest BCUT2D eigenvalue weighted by atomic mass is 16.6. The summed E-state index contributed by atoms with van der Waals surface area (Å²) < 4.78 is 10.7. The van der Waals surface area contributed by atoms with Gasteiger partial charge < -0.3 is 9.47 Å². The first-order valence-corrected chi connectivity index (χ1v) is 7.29. The molecular formula is C17H24O4. The molecule has 4 heteroatoms. The lowest BCUT2D eigenvalue weighted by Crippen LogP contribution is -2.35. The molecule has 0 spiro atoms. The molecular weight excluding hydrogens is 268 g/mol. The first kappa shape index (κ1) is 17.2. The number of ether oxygens (including phenoxy) is 2. The fourth-order valence-corrected chi connectivity index (χ4v) is 2.03. The summed E-state index contributed by atoms with van der Waals surface area (Å²) in [7, 11) is 0. The van der Waals surface area contributed by atoms with Gasteiger partial charge in [0, 0.05) is 6.92 Å². The van der Waals surface area contributed by atoms with E-state index in [4.69, 9.17) is 9.47 Å². The van der Waals surface area contributed by atoms with Crippen LogP contribution in [0.15, 0.2) is 30.3 Å². The molecule has 0 radical (unpaired) electrons. The van der Waals surface area contributed by atoms with Gasteiger partial charge in [-0.1, -0.05) is 43.7 Å². The predicted octanol–water partition coefficient (Wildman–Crippen LogP) is 3.66. The van der Waals surface area contributed by atoms with Crippen molar-refractivity contribution in [2.45, 2.75) is 46.6 Å². The lowest BCUT2D eigenvalue weighted by molar-refractivity contribution is -0.170. The van der Waals surface area contributed by atoms with Crippen LogP contribution in [0.5, 0.6) is 0 Å². The normalized spacial score (nSPS) is 12.6. The van der Waals surface area contributed by atoms with E-state index in [1.54, 1.807) is 13.8 Å². The van der Waals surface area contributed by atoms with Gasteiger partial charge in [-0.2, -0.15) is 0 Å². The Balaban J connectivity index is 2.95. The number of rotatable bonds is 7. The van der Waals surface area contributed by atoms with Crippen molar-refractivity contribution in [2.75, 3.05) is 6.61 Å². The molecule has 116 valence electrons. The molecule has 0 saturated heterocycles. The zero-order chi connectivity index (χ0) is 15.9. The van der Waals surface area contributed by atoms with Crippen LogP contribution in [0, 0.1) is 5.41 Å². The third kappa shape index (κ3) is 4.88. The monoisotopic (exact) mass is 292 g/mol. The van der Waals surface area contributed by atoms with E-state index in [-0.39, 0.29) is 5.97 Å². The fourth-order valence-electron chi connectivity index (χ4n) is 2.03. The second-order valence-corrected chi connectivity index (χ2v) is 5.61. The molecule has 0 aliphatic rings. The van der Waals surface area contributed by atoms with Gasteiger partial charge in [0.25, 0.3) is 0 Å². The molecule has 1 rings (SSSR count). The summed E-state index contributed by atoms with van der Waals surface area (Å²) in [6.45, 7) is 7.24. The molecule has 1 atom stereocenters. The van der Waals surface area contributed by atoms with Gasteiger partial charge in [-0.05, 0) is 25.8 Å². The Labute approximate surface area is 126 Å². The van der Waals surface area contributed by atoms with Crippen LogP contribution in [-0.2, 0) is 19.1 Å². The summed E-state index contributed by atoms with van der Waals surface area (Å²) in [5.74, 6) is -0.774. The highest BCUT2D eigenvalue weighted by Crippen LogP contribution is 2.37. The van der Waals surface area contributed by atoms with Gasteiger partial charge in [-0.15, -0.1) is 0 Å². The van der Waals surface area contributed by atoms with Crippen LogP contribution in [0.1, 0.15) is 52.2 Å². The summed E-state index contributed by atoms with van der Waals surface area (Å²) in [6, 6.07) is 9.26. The first-order valence-electron chi connectivity index (χ1n) is 7.29. The Kier molecular flexibility index (Phi) is 6.40. The van der Waals surface area contributed by atoms with Gasteiger partial charge in [-0.25, -0.2) is 0 Å². The van der Waals surface area contributed by atoms with Crippen LogP contribution in [0.25, 0.3) is 0 Å². The van der Waals surface area contributed by atoms with E-state index in [1.165, 1.54) is 6.92 Å². The number of esters is 2. The highest BCUT2D eigenvalue weighted by molar-refractivity contribution is 5.78. The Morgan fingerprint density at radius 3 is 2.33 bits per heavy atom. The quantitative estimate of drug-likeness (QED) is 0.568. The summed E-state index contributed by atoms with van der Waals surface area (Å²) >= 11 is 0. The summed E-state index contributed by atoms with van der Waals surface area (Å²) in [5, 5.41) is 0. The van der Waals surface area contributed by atoms with Crippen LogP contribution < -0.4 is 0 Å². The van der Waals surface area contributed by atoms with Crippen molar-refractivity contribution >= 4 is 11.9 Å². The van der Waals surface area contributed by atoms with Crippen molar-refractivity contribution in [2.24, 2.45) is 5.41 Å². The number of benzene rings is 1. The van der Waals surface area contributed by atoms with Crippen molar-refractivity contribution in [1.82, 2.24) is 0 Å². The molecule has 0 fully saturated rings. The van der Waals surface area contributed by atoms with Gasteiger partial charge in [0.15, 0.2) is 0 Å². The second kappa shape index (κ2) is 7.81. The topological polar surface area (TPSA) is 52.6 Å². The van der Waals surface area contributed by atoms with Gasteiger partial charge >= 0.3 is 11.9 Å². The van der Waals surface area contributed by atoms with E-state index in [0.29, 0.717) is 6.61 Å². The van der Waals surface area contributed by atoms with E-state index in [9.17, 15) is 9.59 Å². The molecule has 0 amide bonds. The minimum Gasteiger partial charge on any atom is -0.465 e. The van der Waals surface area contributed by atoms with Crippen molar-refractivity contribution in [1.29, 1.82) is 0 Å². The molecule has 1 unspecified atom stereocenters. The standard InChI is InChI=1S/C17H24O4/c1-5-6-12-20-16(19)17(3,4)15(21-13(2)18)14-10-8-7-9-11-14/h7-11,15H,5-6,12H2,1-4H3. The van der Waals surface area contributed by atoms with Crippen LogP contribution in [0.4, 0.5) is 0 Å². The molecule has 0 bridgehead atoms. The lowest BCUT2D eigenvalue weighted by Gasteiger charge is -2.31. The maximum Gasteiger partial charge on any atom is 0.315 e. The van der Waals surface area contributed by atoms with Crippen LogP contribution in [0.3, 0.4) is 0 Å². The SMILES string of the molecule is CCCCOC(=O)C(C)(C)C(OC(C)=O)c1ccccc1. The van der Waals surface area contributed by atoms with Crippen molar-refractivity contribution in [3.05, 3.63) is 35.9 Å². The Bertz CT molecular complexity index is 465. The number of hydrogen-bond donors (Lipinski definition) is 0. The Morgan fingerprint density at radius 1 is 1.19 bits per heavy atom. The number of hydrogen-bond acceptors (Lipinski definition) is 4. The summed E-state index contributed by atoms with van der Waals surface area (Å²) in [4.78, 5) is 23.7. The maximum atomic E-state index is 12.3.